The number of nitrogens with two attached hydrogens (primary N) is 1. The first kappa shape index (κ1) is 32.0. The summed E-state index contributed by atoms with van der Waals surface area (Å²) in [6.45, 7) is 2.59. The van der Waals surface area contributed by atoms with Gasteiger partial charge in [-0.25, -0.2) is 13.6 Å². The lowest BCUT2D eigenvalue weighted by Gasteiger charge is -2.17. The summed E-state index contributed by atoms with van der Waals surface area (Å²) < 4.78 is 77.7. The molecule has 230 valence electrons. The average Bonchev–Trinajstić information content (AvgIpc) is 3.52. The van der Waals surface area contributed by atoms with E-state index in [9.17, 15) is 36.7 Å². The number of carbonyl (C=O) groups excluding carboxylic acids is 2. The number of carbonyl (C=O) groups is 2. The van der Waals surface area contributed by atoms with Crippen molar-refractivity contribution in [3.8, 4) is 11.3 Å². The molecule has 3 heterocycles. The Balaban J connectivity index is 1.81. The highest BCUT2D eigenvalue weighted by Gasteiger charge is 2.39. The Morgan fingerprint density at radius 3 is 2.37 bits per heavy atom. The third-order valence-corrected chi connectivity index (χ3v) is 8.55. The van der Waals surface area contributed by atoms with Crippen LogP contribution in [0.1, 0.15) is 25.0 Å². The van der Waals surface area contributed by atoms with E-state index in [-0.39, 0.29) is 27.4 Å². The number of amides is 1. The van der Waals surface area contributed by atoms with Gasteiger partial charge in [-0.15, -0.1) is 22.7 Å². The van der Waals surface area contributed by atoms with Crippen molar-refractivity contribution < 1.29 is 36.3 Å². The van der Waals surface area contributed by atoms with Gasteiger partial charge in [-0.1, -0.05) is 13.8 Å². The number of hydrogen-bond donors (Lipinski definition) is 1. The van der Waals surface area contributed by atoms with Crippen molar-refractivity contribution in [1.82, 2.24) is 13.7 Å². The Labute approximate surface area is 247 Å². The third kappa shape index (κ3) is 6.09. The molecule has 1 aromatic carbocycles. The van der Waals surface area contributed by atoms with E-state index in [1.54, 1.807) is 13.8 Å². The Kier molecular flexibility index (Phi) is 8.90. The van der Waals surface area contributed by atoms with Crippen molar-refractivity contribution in [2.24, 2.45) is 30.7 Å². The monoisotopic (exact) mass is 645 g/mol. The molecular weight excluding hydrogens is 621 g/mol. The maximum Gasteiger partial charge on any atom is 0.422 e. The molecule has 0 aliphatic heterocycles. The second-order valence-corrected chi connectivity index (χ2v) is 11.5. The lowest BCUT2D eigenvalue weighted by molar-refractivity contribution is -0.150. The summed E-state index contributed by atoms with van der Waals surface area (Å²) in [6.07, 6.45) is -5.75. The molecule has 0 radical (unpaired) electrons. The first-order valence-electron chi connectivity index (χ1n) is 12.4. The zero-order chi connectivity index (χ0) is 32.0. The van der Waals surface area contributed by atoms with Crippen LogP contribution >= 0.6 is 22.7 Å². The van der Waals surface area contributed by atoms with Crippen LogP contribution in [-0.4, -0.2) is 31.6 Å². The van der Waals surface area contributed by atoms with Gasteiger partial charge in [-0.2, -0.15) is 18.2 Å². The van der Waals surface area contributed by atoms with Crippen LogP contribution in [0.3, 0.4) is 0 Å². The highest BCUT2D eigenvalue weighted by Crippen LogP contribution is 2.37. The summed E-state index contributed by atoms with van der Waals surface area (Å²) >= 11 is 1.79. The maximum atomic E-state index is 15.1. The average molecular weight is 646 g/mol. The molecule has 0 saturated carbocycles. The van der Waals surface area contributed by atoms with Crippen molar-refractivity contribution >= 4 is 44.8 Å². The zero-order valence-electron chi connectivity index (χ0n) is 23.0. The minimum absolute atomic E-state index is 0.141. The van der Waals surface area contributed by atoms with Gasteiger partial charge in [-0.05, 0) is 29.0 Å². The van der Waals surface area contributed by atoms with Crippen LogP contribution in [0, 0.1) is 17.6 Å². The number of benzene rings is 1. The molecule has 0 aliphatic carbocycles. The summed E-state index contributed by atoms with van der Waals surface area (Å²) in [5.74, 6) is -5.75. The minimum atomic E-state index is -5.35. The predicted molar refractivity (Wildman–Crippen MR) is 148 cm³/mol. The van der Waals surface area contributed by atoms with E-state index in [4.69, 9.17) is 10.5 Å². The molecule has 0 unspecified atom stereocenters. The number of nitrogens with zero attached hydrogens (tertiary/aromatic N) is 4. The van der Waals surface area contributed by atoms with Gasteiger partial charge in [0.05, 0.1) is 17.5 Å². The van der Waals surface area contributed by atoms with Crippen molar-refractivity contribution in [1.29, 1.82) is 0 Å². The summed E-state index contributed by atoms with van der Waals surface area (Å²) in [5, 5.41) is 2.83. The van der Waals surface area contributed by atoms with E-state index >= 15 is 4.39 Å². The molecule has 4 rings (SSSR count). The predicted octanol–water partition coefficient (Wildman–Crippen LogP) is 3.28. The summed E-state index contributed by atoms with van der Waals surface area (Å²) in [5.41, 5.74) is 1.84. The molecule has 0 spiro atoms. The fraction of sp³-hybridized carbons (Fsp3) is 0.346. The number of thiazole rings is 1. The summed E-state index contributed by atoms with van der Waals surface area (Å²) in [6, 6.07) is 0.166. The van der Waals surface area contributed by atoms with Gasteiger partial charge in [0.25, 0.3) is 11.5 Å². The molecule has 3 aromatic heterocycles. The fourth-order valence-electron chi connectivity index (χ4n) is 4.13. The lowest BCUT2D eigenvalue weighted by atomic mass is 10.1. The number of aryl methyl sites for hydroxylation is 1. The van der Waals surface area contributed by atoms with Gasteiger partial charge in [-0.3, -0.25) is 28.1 Å². The SMILES string of the molecule is CC(C)[C@H](N)C(=O)OCn1c(-c2ccc(F)c(C(F)(F)F)c2F)cs/c1=N\C(=O)Cc1csc2c1c(=O)n(C)c(=O)n2C. The molecule has 1 atom stereocenters. The number of thiophene rings is 1. The van der Waals surface area contributed by atoms with Crippen LogP contribution in [0.5, 0.6) is 0 Å². The maximum absolute atomic E-state index is 15.1. The Hall–Kier alpha value is -3.96. The topological polar surface area (TPSA) is 131 Å². The van der Waals surface area contributed by atoms with E-state index < -0.39 is 71.3 Å². The first-order chi connectivity index (χ1) is 20.0. The highest BCUT2D eigenvalue weighted by molar-refractivity contribution is 7.17. The number of ether oxygens (including phenoxy) is 1. The van der Waals surface area contributed by atoms with Gasteiger partial charge in [0.15, 0.2) is 11.5 Å². The van der Waals surface area contributed by atoms with Crippen molar-refractivity contribution in [2.75, 3.05) is 0 Å². The normalized spacial score (nSPS) is 13.2. The number of fused-ring (bicyclic) bond motifs is 1. The zero-order valence-corrected chi connectivity index (χ0v) is 24.6. The molecule has 2 N–H and O–H groups in total. The van der Waals surface area contributed by atoms with E-state index in [1.165, 1.54) is 29.4 Å². The van der Waals surface area contributed by atoms with Gasteiger partial charge < -0.3 is 10.5 Å². The smallest absolute Gasteiger partial charge is 0.422 e. The Morgan fingerprint density at radius 1 is 1.07 bits per heavy atom. The van der Waals surface area contributed by atoms with Gasteiger partial charge in [0.2, 0.25) is 0 Å². The van der Waals surface area contributed by atoms with Crippen LogP contribution in [0.25, 0.3) is 21.5 Å². The number of aromatic nitrogens is 3. The highest BCUT2D eigenvalue weighted by atomic mass is 32.1. The summed E-state index contributed by atoms with van der Waals surface area (Å²) in [7, 11) is 2.76. The Morgan fingerprint density at radius 2 is 1.74 bits per heavy atom. The molecule has 1 amide bonds. The molecule has 4 aromatic rings. The van der Waals surface area contributed by atoms with Crippen LogP contribution in [0.4, 0.5) is 22.0 Å². The lowest BCUT2D eigenvalue weighted by Crippen LogP contribution is -2.37. The first-order valence-corrected chi connectivity index (χ1v) is 14.2. The minimum Gasteiger partial charge on any atom is -0.443 e. The van der Waals surface area contributed by atoms with E-state index in [0.717, 1.165) is 37.9 Å². The third-order valence-electron chi connectivity index (χ3n) is 6.58. The fourth-order valence-corrected chi connectivity index (χ4v) is 6.06. The van der Waals surface area contributed by atoms with E-state index in [1.807, 2.05) is 0 Å². The second-order valence-electron chi connectivity index (χ2n) is 9.80. The Bertz CT molecular complexity index is 1930. The molecule has 0 aliphatic rings. The van der Waals surface area contributed by atoms with Gasteiger partial charge in [0, 0.05) is 25.0 Å². The quantitative estimate of drug-likeness (QED) is 0.243. The van der Waals surface area contributed by atoms with Crippen LogP contribution in [0.2, 0.25) is 0 Å². The van der Waals surface area contributed by atoms with Gasteiger partial charge in [0.1, 0.15) is 28.1 Å². The standard InChI is InChI=1S/C26H24F5N5O5S2/c1-11(2)20(32)23(39)41-10-36-15(13-5-6-14(27)18(19(13)28)26(29,30)31)9-43-24(36)33-16(37)7-12-8-42-22-17(12)21(38)34(3)25(40)35(22)4/h5-6,8-9,11,20H,7,10,32H2,1-4H3/b33-24-/t20-/m0/s1. The number of esters is 1. The molecule has 10 nitrogen and oxygen atoms in total. The molecular formula is C26H24F5N5O5S2. The number of hydrogen-bond acceptors (Lipinski definition) is 8. The van der Waals surface area contributed by atoms with Crippen LogP contribution in [0.15, 0.2) is 37.5 Å². The van der Waals surface area contributed by atoms with Crippen molar-refractivity contribution in [3.63, 3.8) is 0 Å². The molecule has 43 heavy (non-hydrogen) atoms. The van der Waals surface area contributed by atoms with E-state index in [2.05, 4.69) is 4.99 Å². The second kappa shape index (κ2) is 12.0. The largest absolute Gasteiger partial charge is 0.443 e. The van der Waals surface area contributed by atoms with Crippen molar-refractivity contribution in [3.05, 3.63) is 71.3 Å². The van der Waals surface area contributed by atoms with Crippen LogP contribution < -0.4 is 21.8 Å². The number of alkyl halides is 3. The number of rotatable bonds is 7. The number of halogens is 5. The van der Waals surface area contributed by atoms with Crippen LogP contribution in [-0.2, 0) is 47.7 Å². The van der Waals surface area contributed by atoms with Crippen molar-refractivity contribution in [2.45, 2.75) is 39.2 Å². The molecule has 0 saturated heterocycles. The molecule has 17 heteroatoms. The van der Waals surface area contributed by atoms with E-state index in [0.29, 0.717) is 10.9 Å². The molecule has 0 fully saturated rings. The molecule has 0 bridgehead atoms. The van der Waals surface area contributed by atoms with Gasteiger partial charge >= 0.3 is 17.8 Å². The summed E-state index contributed by atoms with van der Waals surface area (Å²) in [4.78, 5) is 54.6.